The van der Waals surface area contributed by atoms with Crippen LogP contribution in [0.15, 0.2) is 0 Å². The van der Waals surface area contributed by atoms with Crippen molar-refractivity contribution in [3.63, 3.8) is 0 Å². The van der Waals surface area contributed by atoms with Crippen LogP contribution in [-0.4, -0.2) is 55.5 Å². The van der Waals surface area contributed by atoms with E-state index in [0.29, 0.717) is 18.9 Å². The molecule has 1 amide bonds. The Labute approximate surface area is 111 Å². The monoisotopic (exact) mass is 276 g/mol. The molecule has 0 spiro atoms. The van der Waals surface area contributed by atoms with E-state index in [9.17, 15) is 9.00 Å². The second-order valence-electron chi connectivity index (χ2n) is 4.85. The summed E-state index contributed by atoms with van der Waals surface area (Å²) >= 11 is 0. The molecule has 1 atom stereocenters. The topological polar surface area (TPSA) is 67.4 Å². The fourth-order valence-electron chi connectivity index (χ4n) is 2.28. The molecule has 6 heteroatoms. The molecule has 0 aliphatic carbocycles. The Kier molecular flexibility index (Phi) is 6.81. The van der Waals surface area contributed by atoms with Gasteiger partial charge in [0.25, 0.3) is 0 Å². The van der Waals surface area contributed by atoms with Gasteiger partial charge in [0.05, 0.1) is 12.0 Å². The summed E-state index contributed by atoms with van der Waals surface area (Å²) < 4.78 is 16.1. The number of nitrogens with one attached hydrogen (secondary N) is 2. The van der Waals surface area contributed by atoms with Gasteiger partial charge in [-0.1, -0.05) is 0 Å². The van der Waals surface area contributed by atoms with Crippen molar-refractivity contribution in [3.8, 4) is 0 Å². The molecule has 106 valence electrons. The van der Waals surface area contributed by atoms with Crippen molar-refractivity contribution in [1.82, 2.24) is 10.6 Å². The van der Waals surface area contributed by atoms with Gasteiger partial charge in [-0.15, -0.1) is 0 Å². The number of methoxy groups -OCH3 is 1. The largest absolute Gasteiger partial charge is 0.384 e. The lowest BCUT2D eigenvalue weighted by Crippen LogP contribution is -2.50. The zero-order chi connectivity index (χ0) is 13.4. The lowest BCUT2D eigenvalue weighted by molar-refractivity contribution is -0.136. The molecule has 0 aromatic heterocycles. The molecule has 0 saturated carbocycles. The third-order valence-electron chi connectivity index (χ3n) is 3.36. The first kappa shape index (κ1) is 15.6. The molecule has 1 aliphatic rings. The summed E-state index contributed by atoms with van der Waals surface area (Å²) in [6.07, 6.45) is 4.07. The summed E-state index contributed by atoms with van der Waals surface area (Å²) in [5.74, 6) is 0.715. The van der Waals surface area contributed by atoms with Crippen molar-refractivity contribution in [3.05, 3.63) is 0 Å². The molecule has 1 rings (SSSR count). The number of rotatable bonds is 7. The second kappa shape index (κ2) is 7.86. The Balaban J connectivity index is 2.42. The number of piperidine rings is 1. The van der Waals surface area contributed by atoms with Crippen LogP contribution >= 0.6 is 0 Å². The first-order chi connectivity index (χ1) is 8.60. The fraction of sp³-hybridized carbons (Fsp3) is 0.917. The van der Waals surface area contributed by atoms with E-state index in [4.69, 9.17) is 4.74 Å². The zero-order valence-electron chi connectivity index (χ0n) is 11.3. The lowest BCUT2D eigenvalue weighted by Gasteiger charge is -2.35. The molecule has 0 aromatic rings. The van der Waals surface area contributed by atoms with Crippen molar-refractivity contribution in [2.45, 2.75) is 19.3 Å². The van der Waals surface area contributed by atoms with Gasteiger partial charge < -0.3 is 15.4 Å². The molecule has 1 unspecified atom stereocenters. The maximum atomic E-state index is 12.3. The van der Waals surface area contributed by atoms with Crippen LogP contribution in [-0.2, 0) is 20.3 Å². The summed E-state index contributed by atoms with van der Waals surface area (Å²) in [6, 6.07) is 0. The average molecular weight is 276 g/mol. The van der Waals surface area contributed by atoms with E-state index in [-0.39, 0.29) is 11.3 Å². The van der Waals surface area contributed by atoms with E-state index in [1.807, 2.05) is 0 Å². The Morgan fingerprint density at radius 2 is 2.11 bits per heavy atom. The van der Waals surface area contributed by atoms with Crippen LogP contribution in [0.3, 0.4) is 0 Å². The SMILES string of the molecule is COCC1(C(=O)NCCCS(C)=O)CCNCC1. The van der Waals surface area contributed by atoms with Crippen molar-refractivity contribution >= 4 is 16.7 Å². The van der Waals surface area contributed by atoms with Gasteiger partial charge in [-0.05, 0) is 32.4 Å². The van der Waals surface area contributed by atoms with Crippen molar-refractivity contribution in [2.24, 2.45) is 5.41 Å². The number of carbonyl (C=O) groups excluding carboxylic acids is 1. The minimum absolute atomic E-state index is 0.0766. The van der Waals surface area contributed by atoms with Crippen LogP contribution in [0.1, 0.15) is 19.3 Å². The average Bonchev–Trinajstić information content (AvgIpc) is 2.35. The number of hydrogen-bond acceptors (Lipinski definition) is 4. The standard InChI is InChI=1S/C12H24N2O3S/c1-17-10-12(4-7-13-8-5-12)11(15)14-6-3-9-18(2)16/h13H,3-10H2,1-2H3,(H,14,15). The van der Waals surface area contributed by atoms with E-state index >= 15 is 0 Å². The third kappa shape index (κ3) is 4.66. The molecule has 2 N–H and O–H groups in total. The molecule has 0 aromatic carbocycles. The van der Waals surface area contributed by atoms with Gasteiger partial charge in [-0.3, -0.25) is 9.00 Å². The predicted octanol–water partition coefficient (Wildman–Crippen LogP) is -0.113. The highest BCUT2D eigenvalue weighted by molar-refractivity contribution is 7.84. The van der Waals surface area contributed by atoms with Crippen LogP contribution in [0.4, 0.5) is 0 Å². The van der Waals surface area contributed by atoms with Crippen LogP contribution < -0.4 is 10.6 Å². The van der Waals surface area contributed by atoms with E-state index < -0.39 is 10.8 Å². The Morgan fingerprint density at radius 1 is 1.44 bits per heavy atom. The highest BCUT2D eigenvalue weighted by atomic mass is 32.2. The summed E-state index contributed by atoms with van der Waals surface area (Å²) in [6.45, 7) is 2.78. The Hall–Kier alpha value is -0.460. The van der Waals surface area contributed by atoms with Crippen molar-refractivity contribution < 1.29 is 13.7 Å². The minimum atomic E-state index is -0.785. The van der Waals surface area contributed by atoms with E-state index in [0.717, 1.165) is 32.4 Å². The summed E-state index contributed by atoms with van der Waals surface area (Å²) in [5.41, 5.74) is -0.384. The molecule has 1 aliphatic heterocycles. The van der Waals surface area contributed by atoms with E-state index in [2.05, 4.69) is 10.6 Å². The molecule has 1 fully saturated rings. The van der Waals surface area contributed by atoms with E-state index in [1.54, 1.807) is 13.4 Å². The number of carbonyl (C=O) groups is 1. The first-order valence-electron chi connectivity index (χ1n) is 6.39. The Morgan fingerprint density at radius 3 is 2.67 bits per heavy atom. The molecule has 0 radical (unpaired) electrons. The normalized spacial score (nSPS) is 20.3. The van der Waals surface area contributed by atoms with Gasteiger partial charge in [0.15, 0.2) is 0 Å². The summed E-state index contributed by atoms with van der Waals surface area (Å²) in [5, 5.41) is 6.21. The molecular weight excluding hydrogens is 252 g/mol. The van der Waals surface area contributed by atoms with Crippen LogP contribution in [0.5, 0.6) is 0 Å². The van der Waals surface area contributed by atoms with Crippen molar-refractivity contribution in [1.29, 1.82) is 0 Å². The fourth-order valence-corrected chi connectivity index (χ4v) is 2.83. The third-order valence-corrected chi connectivity index (χ3v) is 4.22. The van der Waals surface area contributed by atoms with Gasteiger partial charge in [0.2, 0.25) is 5.91 Å². The van der Waals surface area contributed by atoms with E-state index in [1.165, 1.54) is 0 Å². The van der Waals surface area contributed by atoms with Crippen LogP contribution in [0.25, 0.3) is 0 Å². The molecule has 1 heterocycles. The van der Waals surface area contributed by atoms with Gasteiger partial charge in [-0.2, -0.15) is 0 Å². The zero-order valence-corrected chi connectivity index (χ0v) is 12.1. The van der Waals surface area contributed by atoms with Crippen LogP contribution in [0, 0.1) is 5.41 Å². The van der Waals surface area contributed by atoms with Crippen LogP contribution in [0.2, 0.25) is 0 Å². The predicted molar refractivity (Wildman–Crippen MR) is 73.0 cm³/mol. The lowest BCUT2D eigenvalue weighted by atomic mass is 9.78. The molecule has 0 bridgehead atoms. The van der Waals surface area contributed by atoms with Crippen molar-refractivity contribution in [2.75, 3.05) is 45.4 Å². The molecular formula is C12H24N2O3S. The first-order valence-corrected chi connectivity index (χ1v) is 8.11. The molecule has 1 saturated heterocycles. The molecule has 18 heavy (non-hydrogen) atoms. The van der Waals surface area contributed by atoms with Gasteiger partial charge in [0, 0.05) is 36.5 Å². The Bertz CT molecular complexity index is 286. The quantitative estimate of drug-likeness (QED) is 0.637. The highest BCUT2D eigenvalue weighted by Gasteiger charge is 2.39. The van der Waals surface area contributed by atoms with Gasteiger partial charge in [0.1, 0.15) is 0 Å². The van der Waals surface area contributed by atoms with Gasteiger partial charge >= 0.3 is 0 Å². The number of amides is 1. The summed E-state index contributed by atoms with van der Waals surface area (Å²) in [4.78, 5) is 12.3. The number of hydrogen-bond donors (Lipinski definition) is 2. The number of ether oxygens (including phenoxy) is 1. The second-order valence-corrected chi connectivity index (χ2v) is 6.40. The molecule has 5 nitrogen and oxygen atoms in total. The smallest absolute Gasteiger partial charge is 0.228 e. The maximum absolute atomic E-state index is 12.3. The minimum Gasteiger partial charge on any atom is -0.384 e. The maximum Gasteiger partial charge on any atom is 0.228 e. The van der Waals surface area contributed by atoms with Gasteiger partial charge in [-0.25, -0.2) is 0 Å². The summed E-state index contributed by atoms with van der Waals surface area (Å²) in [7, 11) is 0.851. The highest BCUT2D eigenvalue weighted by Crippen LogP contribution is 2.29.